The van der Waals surface area contributed by atoms with Gasteiger partial charge in [0.25, 0.3) is 0 Å². The zero-order valence-corrected chi connectivity index (χ0v) is 13.8. The Kier molecular flexibility index (Phi) is 5.75. The first kappa shape index (κ1) is 16.3. The van der Waals surface area contributed by atoms with E-state index in [9.17, 15) is 0 Å². The summed E-state index contributed by atoms with van der Waals surface area (Å²) in [5.74, 6) is 0.713. The van der Waals surface area contributed by atoms with E-state index in [-0.39, 0.29) is 0 Å². The minimum atomic E-state index is 0.387. The number of nitrogens with one attached hydrogen (secondary N) is 2. The maximum atomic E-state index is 5.86. The highest BCUT2D eigenvalue weighted by molar-refractivity contribution is 7.80. The first-order valence-corrected chi connectivity index (χ1v) is 7.39. The van der Waals surface area contributed by atoms with Gasteiger partial charge in [0.2, 0.25) is 0 Å². The van der Waals surface area contributed by atoms with Crippen molar-refractivity contribution < 1.29 is 4.74 Å². The second kappa shape index (κ2) is 7.77. The van der Waals surface area contributed by atoms with Gasteiger partial charge in [0.1, 0.15) is 5.75 Å². The lowest BCUT2D eigenvalue weighted by Gasteiger charge is -2.11. The van der Waals surface area contributed by atoms with Crippen LogP contribution in [-0.2, 0) is 0 Å². The number of hydrogen-bond acceptors (Lipinski definition) is 3. The molecule has 0 aliphatic heterocycles. The molecule has 0 bridgehead atoms. The summed E-state index contributed by atoms with van der Waals surface area (Å²) in [6.45, 7) is 1.89. The van der Waals surface area contributed by atoms with Gasteiger partial charge in [0.05, 0.1) is 18.5 Å². The summed E-state index contributed by atoms with van der Waals surface area (Å²) in [5.41, 5.74) is 5.37. The second-order valence-electron chi connectivity index (χ2n) is 4.47. The topological polar surface area (TPSA) is 45.6 Å². The Morgan fingerprint density at radius 2 is 1.82 bits per heavy atom. The molecular weight excluding hydrogens is 318 g/mol. The third-order valence-electron chi connectivity index (χ3n) is 2.94. The smallest absolute Gasteiger partial charge is 0.191 e. The molecule has 0 saturated carbocycles. The van der Waals surface area contributed by atoms with E-state index < -0.39 is 0 Å². The van der Waals surface area contributed by atoms with Crippen LogP contribution in [0, 0.1) is 0 Å². The van der Waals surface area contributed by atoms with Crippen LogP contribution in [0.3, 0.4) is 0 Å². The van der Waals surface area contributed by atoms with E-state index >= 15 is 0 Å². The monoisotopic (exact) mass is 333 g/mol. The van der Waals surface area contributed by atoms with Gasteiger partial charge in [-0.05, 0) is 49.0 Å². The molecule has 0 fully saturated rings. The number of anilines is 1. The van der Waals surface area contributed by atoms with Crippen molar-refractivity contribution in [2.75, 3.05) is 12.4 Å². The Morgan fingerprint density at radius 3 is 2.50 bits per heavy atom. The summed E-state index contributed by atoms with van der Waals surface area (Å²) >= 11 is 11.1. The van der Waals surface area contributed by atoms with Crippen molar-refractivity contribution in [2.24, 2.45) is 5.10 Å². The average Bonchev–Trinajstić information content (AvgIpc) is 2.54. The van der Waals surface area contributed by atoms with E-state index in [4.69, 9.17) is 28.6 Å². The van der Waals surface area contributed by atoms with Gasteiger partial charge >= 0.3 is 0 Å². The number of para-hydroxylation sites is 2. The van der Waals surface area contributed by atoms with Gasteiger partial charge in [-0.15, -0.1) is 0 Å². The highest BCUT2D eigenvalue weighted by Gasteiger charge is 2.03. The van der Waals surface area contributed by atoms with Gasteiger partial charge in [0.15, 0.2) is 5.11 Å². The van der Waals surface area contributed by atoms with E-state index in [1.165, 1.54) is 0 Å². The third-order valence-corrected chi connectivity index (χ3v) is 3.39. The average molecular weight is 334 g/mol. The van der Waals surface area contributed by atoms with E-state index in [2.05, 4.69) is 15.8 Å². The summed E-state index contributed by atoms with van der Waals surface area (Å²) < 4.78 is 5.25. The fourth-order valence-corrected chi connectivity index (χ4v) is 2.07. The van der Waals surface area contributed by atoms with Crippen LogP contribution in [0.1, 0.15) is 12.5 Å². The molecule has 0 saturated heterocycles. The molecule has 22 heavy (non-hydrogen) atoms. The summed E-state index contributed by atoms with van der Waals surface area (Å²) in [6, 6.07) is 15.0. The molecule has 2 rings (SSSR count). The number of hydrogen-bond donors (Lipinski definition) is 2. The number of benzene rings is 2. The molecule has 4 nitrogen and oxygen atoms in total. The SMILES string of the molecule is COc1ccccc1NC(=S)N/N=C(/C)c1ccc(Cl)cc1. The van der Waals surface area contributed by atoms with E-state index in [0.717, 1.165) is 17.0 Å². The van der Waals surface area contributed by atoms with Crippen LogP contribution in [0.4, 0.5) is 5.69 Å². The highest BCUT2D eigenvalue weighted by atomic mass is 35.5. The van der Waals surface area contributed by atoms with Crippen molar-refractivity contribution in [2.45, 2.75) is 6.92 Å². The van der Waals surface area contributed by atoms with E-state index in [1.54, 1.807) is 7.11 Å². The molecule has 0 amide bonds. The van der Waals surface area contributed by atoms with Crippen molar-refractivity contribution >= 4 is 40.3 Å². The zero-order chi connectivity index (χ0) is 15.9. The number of thiocarbonyl (C=S) groups is 1. The number of nitrogens with zero attached hydrogens (tertiary/aromatic N) is 1. The fraction of sp³-hybridized carbons (Fsp3) is 0.125. The van der Waals surface area contributed by atoms with Gasteiger partial charge in [-0.2, -0.15) is 5.10 Å². The molecule has 0 unspecified atom stereocenters. The number of ether oxygens (including phenoxy) is 1. The van der Waals surface area contributed by atoms with Crippen LogP contribution in [-0.4, -0.2) is 17.9 Å². The third kappa shape index (κ3) is 4.44. The number of rotatable bonds is 4. The Morgan fingerprint density at radius 1 is 1.14 bits per heavy atom. The Hall–Kier alpha value is -2.11. The zero-order valence-electron chi connectivity index (χ0n) is 12.3. The molecular formula is C16H16ClN3OS. The molecule has 0 heterocycles. The van der Waals surface area contributed by atoms with Crippen LogP contribution in [0.15, 0.2) is 53.6 Å². The molecule has 0 aromatic heterocycles. The first-order chi connectivity index (χ1) is 10.6. The lowest BCUT2D eigenvalue weighted by molar-refractivity contribution is 0.417. The predicted octanol–water partition coefficient (Wildman–Crippen LogP) is 4.06. The quantitative estimate of drug-likeness (QED) is 0.503. The lowest BCUT2D eigenvalue weighted by Crippen LogP contribution is -2.25. The van der Waals surface area contributed by atoms with Crippen molar-refractivity contribution in [3.8, 4) is 5.75 Å². The van der Waals surface area contributed by atoms with Crippen LogP contribution in [0.25, 0.3) is 0 Å². The molecule has 2 N–H and O–H groups in total. The lowest BCUT2D eigenvalue weighted by atomic mass is 10.1. The standard InChI is InChI=1S/C16H16ClN3OS/c1-11(12-7-9-13(17)10-8-12)19-20-16(22)18-14-5-3-4-6-15(14)21-2/h3-10H,1-2H3,(H2,18,20,22)/b19-11-. The fourth-order valence-electron chi connectivity index (χ4n) is 1.79. The van der Waals surface area contributed by atoms with Crippen molar-refractivity contribution in [1.29, 1.82) is 0 Å². The Labute approximate surface area is 140 Å². The normalized spacial score (nSPS) is 11.0. The van der Waals surface area contributed by atoms with Crippen molar-refractivity contribution in [3.05, 3.63) is 59.1 Å². The van der Waals surface area contributed by atoms with Gasteiger partial charge in [-0.25, -0.2) is 0 Å². The van der Waals surface area contributed by atoms with Crippen molar-refractivity contribution in [1.82, 2.24) is 5.43 Å². The maximum Gasteiger partial charge on any atom is 0.191 e. The molecule has 0 atom stereocenters. The van der Waals surface area contributed by atoms with E-state index in [0.29, 0.717) is 15.9 Å². The molecule has 2 aromatic carbocycles. The Bertz CT molecular complexity index is 686. The van der Waals surface area contributed by atoms with Gasteiger partial charge in [-0.1, -0.05) is 35.9 Å². The van der Waals surface area contributed by atoms with Gasteiger partial charge < -0.3 is 10.1 Å². The summed E-state index contributed by atoms with van der Waals surface area (Å²) in [4.78, 5) is 0. The van der Waals surface area contributed by atoms with Crippen LogP contribution < -0.4 is 15.5 Å². The number of methoxy groups -OCH3 is 1. The molecule has 0 radical (unpaired) electrons. The second-order valence-corrected chi connectivity index (χ2v) is 5.32. The number of halogens is 1. The minimum Gasteiger partial charge on any atom is -0.495 e. The van der Waals surface area contributed by atoms with Gasteiger partial charge in [0, 0.05) is 5.02 Å². The molecule has 114 valence electrons. The largest absolute Gasteiger partial charge is 0.495 e. The van der Waals surface area contributed by atoms with E-state index in [1.807, 2.05) is 55.5 Å². The summed E-state index contributed by atoms with van der Waals surface area (Å²) in [5, 5.41) is 8.38. The summed E-state index contributed by atoms with van der Waals surface area (Å²) in [7, 11) is 1.61. The first-order valence-electron chi connectivity index (χ1n) is 6.60. The molecule has 0 spiro atoms. The predicted molar refractivity (Wildman–Crippen MR) is 96.0 cm³/mol. The van der Waals surface area contributed by atoms with Crippen molar-refractivity contribution in [3.63, 3.8) is 0 Å². The molecule has 6 heteroatoms. The number of hydrazone groups is 1. The molecule has 0 aliphatic carbocycles. The molecule has 2 aromatic rings. The summed E-state index contributed by atoms with van der Waals surface area (Å²) in [6.07, 6.45) is 0. The minimum absolute atomic E-state index is 0.387. The van der Waals surface area contributed by atoms with Crippen LogP contribution >= 0.6 is 23.8 Å². The Balaban J connectivity index is 2.00. The van der Waals surface area contributed by atoms with Gasteiger partial charge in [-0.3, -0.25) is 5.43 Å². The highest BCUT2D eigenvalue weighted by Crippen LogP contribution is 2.22. The van der Waals surface area contributed by atoms with Crippen LogP contribution in [0.2, 0.25) is 5.02 Å². The van der Waals surface area contributed by atoms with Crippen LogP contribution in [0.5, 0.6) is 5.75 Å². The maximum absolute atomic E-state index is 5.86. The molecule has 0 aliphatic rings.